The van der Waals surface area contributed by atoms with E-state index in [1.54, 1.807) is 0 Å². The Hall–Kier alpha value is -1.26. The minimum Gasteiger partial charge on any atom is -0.481 e. The topological polar surface area (TPSA) is 43.8 Å². The maximum atomic E-state index is 10.9. The molecule has 0 spiro atoms. The van der Waals surface area contributed by atoms with Crippen molar-refractivity contribution in [1.29, 1.82) is 0 Å². The number of aliphatic carboxylic acids is 1. The van der Waals surface area contributed by atoms with E-state index in [9.17, 15) is 4.79 Å². The lowest BCUT2D eigenvalue weighted by Gasteiger charge is -2.37. The molecule has 1 aliphatic carbocycles. The van der Waals surface area contributed by atoms with Crippen LogP contribution in [0.25, 0.3) is 0 Å². The van der Waals surface area contributed by atoms with E-state index in [4.69, 9.17) is 16.7 Å². The predicted molar refractivity (Wildman–Crippen MR) is 84.0 cm³/mol. The van der Waals surface area contributed by atoms with Crippen molar-refractivity contribution in [1.82, 2.24) is 4.90 Å². The average molecular weight is 309 g/mol. The normalized spacial score (nSPS) is 21.3. The molecule has 0 bridgehead atoms. The molecule has 4 nitrogen and oxygen atoms in total. The van der Waals surface area contributed by atoms with Gasteiger partial charge >= 0.3 is 5.97 Å². The largest absolute Gasteiger partial charge is 0.481 e. The van der Waals surface area contributed by atoms with Crippen LogP contribution in [0.3, 0.4) is 0 Å². The highest BCUT2D eigenvalue weighted by atomic mass is 35.5. The van der Waals surface area contributed by atoms with E-state index in [0.29, 0.717) is 6.42 Å². The molecular weight excluding hydrogens is 288 g/mol. The molecular formula is C16H21ClN2O2. The van der Waals surface area contributed by atoms with Crippen molar-refractivity contribution >= 4 is 23.3 Å². The summed E-state index contributed by atoms with van der Waals surface area (Å²) in [5.41, 5.74) is 1.23. The monoisotopic (exact) mass is 308 g/mol. The van der Waals surface area contributed by atoms with Crippen molar-refractivity contribution in [2.24, 2.45) is 5.41 Å². The number of hydrogen-bond donors (Lipinski definition) is 1. The molecule has 1 N–H and O–H groups in total. The number of halogens is 1. The Morgan fingerprint density at radius 1 is 1.24 bits per heavy atom. The number of hydrogen-bond acceptors (Lipinski definition) is 3. The number of carboxylic acids is 1. The molecule has 21 heavy (non-hydrogen) atoms. The van der Waals surface area contributed by atoms with Crippen LogP contribution in [0.2, 0.25) is 5.02 Å². The van der Waals surface area contributed by atoms with Crippen molar-refractivity contribution in [2.75, 3.05) is 37.6 Å². The smallest absolute Gasteiger partial charge is 0.303 e. The summed E-state index contributed by atoms with van der Waals surface area (Å²) in [6, 6.07) is 7.97. The molecule has 1 saturated carbocycles. The summed E-state index contributed by atoms with van der Waals surface area (Å²) in [5.74, 6) is -0.662. The maximum absolute atomic E-state index is 10.9. The number of rotatable bonds is 5. The van der Waals surface area contributed by atoms with Gasteiger partial charge in [-0.05, 0) is 36.5 Å². The molecule has 0 radical (unpaired) electrons. The number of carbonyl (C=O) groups is 1. The third-order valence-electron chi connectivity index (χ3n) is 4.59. The second kappa shape index (κ2) is 5.85. The number of nitrogens with zero attached hydrogens (tertiary/aromatic N) is 2. The van der Waals surface area contributed by atoms with Crippen LogP contribution in [0, 0.1) is 5.41 Å². The lowest BCUT2D eigenvalue weighted by molar-refractivity contribution is -0.138. The Kier molecular flexibility index (Phi) is 4.09. The van der Waals surface area contributed by atoms with Gasteiger partial charge in [-0.25, -0.2) is 0 Å². The van der Waals surface area contributed by atoms with Crippen molar-refractivity contribution in [3.05, 3.63) is 29.3 Å². The molecule has 2 fully saturated rings. The van der Waals surface area contributed by atoms with E-state index in [1.165, 1.54) is 5.69 Å². The van der Waals surface area contributed by atoms with E-state index < -0.39 is 5.97 Å². The van der Waals surface area contributed by atoms with Gasteiger partial charge in [-0.2, -0.15) is 0 Å². The van der Waals surface area contributed by atoms with Gasteiger partial charge in [-0.15, -0.1) is 0 Å². The molecule has 1 heterocycles. The van der Waals surface area contributed by atoms with Crippen LogP contribution in [0.5, 0.6) is 0 Å². The lowest BCUT2D eigenvalue weighted by Crippen LogP contribution is -2.48. The Morgan fingerprint density at radius 2 is 1.95 bits per heavy atom. The second-order valence-corrected chi connectivity index (χ2v) is 6.75. The molecule has 1 saturated heterocycles. The number of carboxylic acid groups (broad SMARTS) is 1. The first kappa shape index (κ1) is 14.7. The quantitative estimate of drug-likeness (QED) is 0.908. The molecule has 0 amide bonds. The zero-order valence-corrected chi connectivity index (χ0v) is 12.9. The van der Waals surface area contributed by atoms with Crippen LogP contribution in [0.1, 0.15) is 19.3 Å². The summed E-state index contributed by atoms with van der Waals surface area (Å²) in [6.07, 6.45) is 2.45. The highest BCUT2D eigenvalue weighted by Gasteiger charge is 2.45. The molecule has 1 aromatic carbocycles. The Balaban J connectivity index is 1.52. The molecule has 3 rings (SSSR count). The predicted octanol–water partition coefficient (Wildman–Crippen LogP) is 2.72. The molecule has 1 aliphatic heterocycles. The van der Waals surface area contributed by atoms with E-state index in [1.807, 2.05) is 18.2 Å². The van der Waals surface area contributed by atoms with Gasteiger partial charge in [0.2, 0.25) is 0 Å². The Morgan fingerprint density at radius 3 is 2.52 bits per heavy atom. The van der Waals surface area contributed by atoms with Crippen LogP contribution >= 0.6 is 11.6 Å². The molecule has 1 aromatic rings. The van der Waals surface area contributed by atoms with Gasteiger partial charge in [0.25, 0.3) is 0 Å². The summed E-state index contributed by atoms with van der Waals surface area (Å²) in [6.45, 7) is 4.87. The van der Waals surface area contributed by atoms with Crippen molar-refractivity contribution in [2.45, 2.75) is 19.3 Å². The average Bonchev–Trinajstić information content (AvgIpc) is 3.18. The lowest BCUT2D eigenvalue weighted by atomic mass is 10.0. The minimum atomic E-state index is -0.662. The molecule has 0 atom stereocenters. The van der Waals surface area contributed by atoms with Crippen LogP contribution in [-0.4, -0.2) is 48.7 Å². The van der Waals surface area contributed by atoms with Gasteiger partial charge in [0.05, 0.1) is 6.42 Å². The van der Waals surface area contributed by atoms with Crippen LogP contribution in [0.15, 0.2) is 24.3 Å². The van der Waals surface area contributed by atoms with Gasteiger partial charge in [0.1, 0.15) is 0 Å². The molecule has 114 valence electrons. The first-order valence-corrected chi connectivity index (χ1v) is 7.89. The second-order valence-electron chi connectivity index (χ2n) is 6.31. The van der Waals surface area contributed by atoms with Gasteiger partial charge in [0.15, 0.2) is 0 Å². The summed E-state index contributed by atoms with van der Waals surface area (Å²) in [5, 5.41) is 9.77. The molecule has 0 unspecified atom stereocenters. The standard InChI is InChI=1S/C16H21ClN2O2/c17-13-2-1-3-14(10-13)19-8-6-18(7-9-19)12-16(4-5-16)11-15(20)21/h1-3,10H,4-9,11-12H2,(H,20,21). The molecule has 0 aromatic heterocycles. The fourth-order valence-electron chi connectivity index (χ4n) is 3.20. The van der Waals surface area contributed by atoms with Gasteiger partial charge < -0.3 is 10.0 Å². The van der Waals surface area contributed by atoms with Crippen LogP contribution in [-0.2, 0) is 4.79 Å². The Bertz CT molecular complexity index is 523. The zero-order valence-electron chi connectivity index (χ0n) is 12.1. The number of piperazine rings is 1. The van der Waals surface area contributed by atoms with Crippen molar-refractivity contribution in [3.8, 4) is 0 Å². The van der Waals surface area contributed by atoms with Gasteiger partial charge in [-0.1, -0.05) is 17.7 Å². The van der Waals surface area contributed by atoms with E-state index >= 15 is 0 Å². The fraction of sp³-hybridized carbons (Fsp3) is 0.562. The maximum Gasteiger partial charge on any atom is 0.303 e. The number of benzene rings is 1. The summed E-state index contributed by atoms with van der Waals surface area (Å²) in [7, 11) is 0. The highest BCUT2D eigenvalue weighted by Crippen LogP contribution is 2.49. The first-order valence-electron chi connectivity index (χ1n) is 7.51. The van der Waals surface area contributed by atoms with E-state index in [2.05, 4.69) is 15.9 Å². The number of anilines is 1. The Labute approximate surface area is 130 Å². The summed E-state index contributed by atoms with van der Waals surface area (Å²) in [4.78, 5) is 15.7. The van der Waals surface area contributed by atoms with Crippen molar-refractivity contribution in [3.63, 3.8) is 0 Å². The molecule has 5 heteroatoms. The third-order valence-corrected chi connectivity index (χ3v) is 4.82. The highest BCUT2D eigenvalue weighted by molar-refractivity contribution is 6.30. The summed E-state index contributed by atoms with van der Waals surface area (Å²) >= 11 is 6.04. The zero-order chi connectivity index (χ0) is 14.9. The third kappa shape index (κ3) is 3.69. The summed E-state index contributed by atoms with van der Waals surface area (Å²) < 4.78 is 0. The van der Waals surface area contributed by atoms with Gasteiger partial charge in [-0.3, -0.25) is 9.69 Å². The van der Waals surface area contributed by atoms with Gasteiger partial charge in [0, 0.05) is 43.4 Å². The van der Waals surface area contributed by atoms with Crippen LogP contribution in [0.4, 0.5) is 5.69 Å². The molecule has 2 aliphatic rings. The van der Waals surface area contributed by atoms with Crippen molar-refractivity contribution < 1.29 is 9.90 Å². The van der Waals surface area contributed by atoms with E-state index in [-0.39, 0.29) is 5.41 Å². The minimum absolute atomic E-state index is 0.0596. The van der Waals surface area contributed by atoms with Crippen LogP contribution < -0.4 is 4.90 Å². The fourth-order valence-corrected chi connectivity index (χ4v) is 3.38. The SMILES string of the molecule is O=C(O)CC1(CN2CCN(c3cccc(Cl)c3)CC2)CC1. The first-order chi connectivity index (χ1) is 10.1. The van der Waals surface area contributed by atoms with E-state index in [0.717, 1.165) is 50.6 Å².